The summed E-state index contributed by atoms with van der Waals surface area (Å²) in [5.74, 6) is -1.25. The van der Waals surface area contributed by atoms with Crippen LogP contribution in [-0.2, 0) is 0 Å². The minimum Gasteiger partial charge on any atom is -0.478 e. The molecule has 1 aromatic heterocycles. The Morgan fingerprint density at radius 2 is 1.95 bits per heavy atom. The van der Waals surface area contributed by atoms with Gasteiger partial charge >= 0.3 is 12.1 Å². The van der Waals surface area contributed by atoms with Gasteiger partial charge < -0.3 is 10.2 Å². The quantitative estimate of drug-likeness (QED) is 0.906. The van der Waals surface area contributed by atoms with Crippen LogP contribution in [0.25, 0.3) is 5.69 Å². The molecule has 0 aliphatic rings. The number of aliphatic hydroxyl groups is 1. The number of alkyl halides is 3. The molecular weight excluding hydrogens is 277 g/mol. The van der Waals surface area contributed by atoms with Crippen LogP contribution in [0, 0.1) is 0 Å². The van der Waals surface area contributed by atoms with Crippen molar-refractivity contribution in [1.82, 2.24) is 9.78 Å². The lowest BCUT2D eigenvalue weighted by molar-refractivity contribution is -0.206. The van der Waals surface area contributed by atoms with E-state index in [9.17, 15) is 23.1 Å². The third kappa shape index (κ3) is 2.64. The number of hydrogen-bond donors (Lipinski definition) is 2. The minimum atomic E-state index is -4.82. The summed E-state index contributed by atoms with van der Waals surface area (Å²) in [6.45, 7) is 0. The van der Waals surface area contributed by atoms with Crippen molar-refractivity contribution in [2.24, 2.45) is 0 Å². The van der Waals surface area contributed by atoms with Gasteiger partial charge in [-0.1, -0.05) is 18.2 Å². The number of carboxylic acids is 1. The Morgan fingerprint density at radius 1 is 1.30 bits per heavy atom. The molecule has 0 amide bonds. The fraction of sp³-hybridized carbons (Fsp3) is 0.167. The van der Waals surface area contributed by atoms with Gasteiger partial charge in [0.1, 0.15) is 0 Å². The average molecular weight is 286 g/mol. The number of aromatic carboxylic acids is 1. The zero-order valence-electron chi connectivity index (χ0n) is 9.87. The first kappa shape index (κ1) is 14.1. The van der Waals surface area contributed by atoms with Crippen LogP contribution in [0.3, 0.4) is 0 Å². The second-order valence-corrected chi connectivity index (χ2v) is 3.98. The van der Waals surface area contributed by atoms with Crippen LogP contribution < -0.4 is 0 Å². The van der Waals surface area contributed by atoms with Crippen LogP contribution in [0.2, 0.25) is 0 Å². The molecule has 0 saturated heterocycles. The molecule has 0 aliphatic heterocycles. The molecule has 1 unspecified atom stereocenters. The highest BCUT2D eigenvalue weighted by atomic mass is 19.4. The van der Waals surface area contributed by atoms with Crippen LogP contribution >= 0.6 is 0 Å². The summed E-state index contributed by atoms with van der Waals surface area (Å²) in [7, 11) is 0. The first-order valence-corrected chi connectivity index (χ1v) is 5.42. The molecule has 8 heteroatoms. The van der Waals surface area contributed by atoms with Crippen LogP contribution in [0.15, 0.2) is 36.7 Å². The van der Waals surface area contributed by atoms with Crippen molar-refractivity contribution in [3.05, 3.63) is 47.8 Å². The van der Waals surface area contributed by atoms with Gasteiger partial charge in [-0.05, 0) is 6.07 Å². The van der Waals surface area contributed by atoms with E-state index in [0.29, 0.717) is 0 Å². The SMILES string of the molecule is O=C(O)c1cnn(-c2ccccc2C(O)C(F)(F)F)c1. The van der Waals surface area contributed by atoms with Gasteiger partial charge in [0, 0.05) is 11.8 Å². The highest BCUT2D eigenvalue weighted by molar-refractivity contribution is 5.87. The minimum absolute atomic E-state index is 0.0372. The van der Waals surface area contributed by atoms with Gasteiger partial charge in [0.2, 0.25) is 0 Å². The summed E-state index contributed by atoms with van der Waals surface area (Å²) >= 11 is 0. The lowest BCUT2D eigenvalue weighted by Gasteiger charge is -2.18. The number of halogens is 3. The number of carbonyl (C=O) groups is 1. The molecule has 2 aromatic rings. The molecule has 20 heavy (non-hydrogen) atoms. The standard InChI is InChI=1S/C12H9F3N2O3/c13-12(14,15)10(18)8-3-1-2-4-9(8)17-6-7(5-16-17)11(19)20/h1-6,10,18H,(H,19,20). The Balaban J connectivity index is 2.49. The molecule has 5 nitrogen and oxygen atoms in total. The van der Waals surface area contributed by atoms with E-state index >= 15 is 0 Å². The lowest BCUT2D eigenvalue weighted by Crippen LogP contribution is -2.21. The van der Waals surface area contributed by atoms with Crippen molar-refractivity contribution in [3.8, 4) is 5.69 Å². The summed E-state index contributed by atoms with van der Waals surface area (Å²) < 4.78 is 38.8. The molecule has 2 rings (SSSR count). The predicted molar refractivity (Wildman–Crippen MR) is 61.5 cm³/mol. The molecule has 1 heterocycles. The highest BCUT2D eigenvalue weighted by Crippen LogP contribution is 2.35. The normalized spacial score (nSPS) is 13.2. The maximum absolute atomic E-state index is 12.6. The van der Waals surface area contributed by atoms with Crippen LogP contribution in [0.4, 0.5) is 13.2 Å². The molecule has 1 atom stereocenters. The van der Waals surface area contributed by atoms with Gasteiger partial charge in [-0.25, -0.2) is 9.48 Å². The topological polar surface area (TPSA) is 75.3 Å². The Bertz CT molecular complexity index is 637. The molecule has 106 valence electrons. The molecule has 0 saturated carbocycles. The summed E-state index contributed by atoms with van der Waals surface area (Å²) in [6.07, 6.45) is -5.40. The smallest absolute Gasteiger partial charge is 0.418 e. The molecular formula is C12H9F3N2O3. The number of rotatable bonds is 3. The van der Waals surface area contributed by atoms with E-state index < -0.39 is 23.8 Å². The largest absolute Gasteiger partial charge is 0.478 e. The summed E-state index contributed by atoms with van der Waals surface area (Å²) in [5.41, 5.74) is -0.605. The Morgan fingerprint density at radius 3 is 2.50 bits per heavy atom. The molecule has 0 aliphatic carbocycles. The zero-order valence-corrected chi connectivity index (χ0v) is 9.87. The third-order valence-corrected chi connectivity index (χ3v) is 2.62. The number of para-hydroxylation sites is 1. The van der Waals surface area contributed by atoms with Crippen molar-refractivity contribution >= 4 is 5.97 Å². The van der Waals surface area contributed by atoms with E-state index in [2.05, 4.69) is 5.10 Å². The molecule has 0 radical (unpaired) electrons. The van der Waals surface area contributed by atoms with Crippen molar-refractivity contribution in [2.75, 3.05) is 0 Å². The van der Waals surface area contributed by atoms with E-state index in [1.807, 2.05) is 0 Å². The van der Waals surface area contributed by atoms with Crippen molar-refractivity contribution in [3.63, 3.8) is 0 Å². The first-order valence-electron chi connectivity index (χ1n) is 5.42. The van der Waals surface area contributed by atoms with Crippen molar-refractivity contribution in [1.29, 1.82) is 0 Å². The molecule has 0 spiro atoms. The molecule has 0 bridgehead atoms. The summed E-state index contributed by atoms with van der Waals surface area (Å²) in [5, 5.41) is 21.8. The van der Waals surface area contributed by atoms with Crippen molar-refractivity contribution < 1.29 is 28.2 Å². The number of carboxylic acid groups (broad SMARTS) is 1. The Kier molecular flexibility index (Phi) is 3.49. The molecule has 1 aromatic carbocycles. The number of aliphatic hydroxyl groups excluding tert-OH is 1. The van der Waals surface area contributed by atoms with Gasteiger partial charge in [0.05, 0.1) is 17.4 Å². The van der Waals surface area contributed by atoms with Crippen LogP contribution in [-0.4, -0.2) is 32.1 Å². The fourth-order valence-electron chi connectivity index (χ4n) is 1.67. The van der Waals surface area contributed by atoms with Gasteiger partial charge in [0.25, 0.3) is 0 Å². The van der Waals surface area contributed by atoms with Crippen LogP contribution in [0.1, 0.15) is 22.0 Å². The van der Waals surface area contributed by atoms with Crippen LogP contribution in [0.5, 0.6) is 0 Å². The fourth-order valence-corrected chi connectivity index (χ4v) is 1.67. The lowest BCUT2D eigenvalue weighted by atomic mass is 10.1. The molecule has 2 N–H and O–H groups in total. The Hall–Kier alpha value is -2.35. The maximum atomic E-state index is 12.6. The van der Waals surface area contributed by atoms with Gasteiger partial charge in [-0.3, -0.25) is 0 Å². The van der Waals surface area contributed by atoms with E-state index in [1.165, 1.54) is 18.2 Å². The van der Waals surface area contributed by atoms with E-state index in [4.69, 9.17) is 5.11 Å². The predicted octanol–water partition coefficient (Wildman–Crippen LogP) is 2.17. The second kappa shape index (κ2) is 4.97. The van der Waals surface area contributed by atoms with Gasteiger partial charge in [-0.2, -0.15) is 18.3 Å². The monoisotopic (exact) mass is 286 g/mol. The maximum Gasteiger partial charge on any atom is 0.418 e. The van der Waals surface area contributed by atoms with E-state index in [1.54, 1.807) is 0 Å². The highest BCUT2D eigenvalue weighted by Gasteiger charge is 2.40. The Labute approximate surface area is 110 Å². The summed E-state index contributed by atoms with van der Waals surface area (Å²) in [4.78, 5) is 10.7. The zero-order chi connectivity index (χ0) is 14.9. The summed E-state index contributed by atoms with van der Waals surface area (Å²) in [6, 6.07) is 5.22. The van der Waals surface area contributed by atoms with E-state index in [0.717, 1.165) is 23.1 Å². The average Bonchev–Trinajstić information content (AvgIpc) is 2.86. The first-order chi connectivity index (χ1) is 9.30. The van der Waals surface area contributed by atoms with Crippen molar-refractivity contribution in [2.45, 2.75) is 12.3 Å². The van der Waals surface area contributed by atoms with Gasteiger partial charge in [-0.15, -0.1) is 0 Å². The number of nitrogens with zero attached hydrogens (tertiary/aromatic N) is 2. The third-order valence-electron chi connectivity index (χ3n) is 2.62. The number of aromatic nitrogens is 2. The van der Waals surface area contributed by atoms with E-state index in [-0.39, 0.29) is 11.3 Å². The molecule has 0 fully saturated rings. The second-order valence-electron chi connectivity index (χ2n) is 3.98. The van der Waals surface area contributed by atoms with Gasteiger partial charge in [0.15, 0.2) is 6.10 Å². The number of benzene rings is 1. The number of hydrogen-bond acceptors (Lipinski definition) is 3.